The minimum Gasteiger partial charge on any atom is -0.444 e. The second-order valence-electron chi connectivity index (χ2n) is 4.79. The number of amides is 1. The molecule has 1 amide bonds. The number of hydrogen-bond acceptors (Lipinski definition) is 2. The van der Waals surface area contributed by atoms with Gasteiger partial charge in [-0.25, -0.2) is 9.18 Å². The number of benzene rings is 1. The van der Waals surface area contributed by atoms with Crippen LogP contribution in [0.3, 0.4) is 0 Å². The van der Waals surface area contributed by atoms with Crippen molar-refractivity contribution in [3.63, 3.8) is 0 Å². The molecule has 0 aliphatic heterocycles. The van der Waals surface area contributed by atoms with Gasteiger partial charge in [0.2, 0.25) is 0 Å². The molecule has 0 bridgehead atoms. The summed E-state index contributed by atoms with van der Waals surface area (Å²) < 4.78 is 18.1. The number of halogens is 2. The second kappa shape index (κ2) is 6.44. The predicted octanol–water partition coefficient (Wildman–Crippen LogP) is 3.36. The number of nitrogens with one attached hydrogen (secondary N) is 1. The minimum absolute atomic E-state index is 0.0532. The van der Waals surface area contributed by atoms with Gasteiger partial charge < -0.3 is 10.1 Å². The largest absolute Gasteiger partial charge is 0.444 e. The van der Waals surface area contributed by atoms with Gasteiger partial charge in [0, 0.05) is 5.56 Å². The summed E-state index contributed by atoms with van der Waals surface area (Å²) >= 11 is 5.55. The van der Waals surface area contributed by atoms with Gasteiger partial charge in [0.15, 0.2) is 0 Å². The molecule has 0 fully saturated rings. The maximum atomic E-state index is 13.1. The van der Waals surface area contributed by atoms with Crippen molar-refractivity contribution >= 4 is 17.7 Å². The van der Waals surface area contributed by atoms with Crippen LogP contribution in [0.1, 0.15) is 26.3 Å². The fourth-order valence-electron chi connectivity index (χ4n) is 1.15. The molecule has 1 N–H and O–H groups in total. The maximum Gasteiger partial charge on any atom is 0.408 e. The second-order valence-corrected chi connectivity index (χ2v) is 5.19. The molecular weight excluding hydrogens is 269 g/mol. The predicted molar refractivity (Wildman–Crippen MR) is 72.5 cm³/mol. The summed E-state index contributed by atoms with van der Waals surface area (Å²) in [4.78, 5) is 11.3. The highest BCUT2D eigenvalue weighted by atomic mass is 35.5. The van der Waals surface area contributed by atoms with Crippen LogP contribution in [0.5, 0.6) is 0 Å². The van der Waals surface area contributed by atoms with Crippen molar-refractivity contribution in [1.29, 1.82) is 0 Å². The van der Waals surface area contributed by atoms with Gasteiger partial charge in [0.05, 0.1) is 11.6 Å². The first-order valence-electron chi connectivity index (χ1n) is 5.69. The molecule has 102 valence electrons. The van der Waals surface area contributed by atoms with Crippen LogP contribution in [0.2, 0.25) is 5.02 Å². The van der Waals surface area contributed by atoms with Crippen LogP contribution in [0.25, 0.3) is 0 Å². The van der Waals surface area contributed by atoms with E-state index in [1.807, 2.05) is 0 Å². The van der Waals surface area contributed by atoms with Crippen LogP contribution in [-0.2, 0) is 4.74 Å². The SMILES string of the molecule is CC(C)(C)OC(=O)NCC#Cc1ccc(Cl)c(F)c1. The molecular formula is C14H15ClFNO2. The topological polar surface area (TPSA) is 38.3 Å². The van der Waals surface area contributed by atoms with Crippen molar-refractivity contribution in [2.24, 2.45) is 0 Å². The Labute approximate surface area is 117 Å². The van der Waals surface area contributed by atoms with E-state index in [2.05, 4.69) is 17.2 Å². The molecule has 5 heteroatoms. The normalized spacial score (nSPS) is 10.4. The maximum absolute atomic E-state index is 13.1. The molecule has 1 rings (SSSR count). The fourth-order valence-corrected chi connectivity index (χ4v) is 1.27. The lowest BCUT2D eigenvalue weighted by atomic mass is 10.2. The third kappa shape index (κ3) is 6.12. The quantitative estimate of drug-likeness (QED) is 0.803. The number of alkyl carbamates (subject to hydrolysis) is 1. The van der Waals surface area contributed by atoms with Gasteiger partial charge >= 0.3 is 6.09 Å². The molecule has 0 saturated heterocycles. The molecule has 1 aromatic carbocycles. The highest BCUT2D eigenvalue weighted by Crippen LogP contribution is 2.14. The first kappa shape index (κ1) is 15.3. The molecule has 0 atom stereocenters. The van der Waals surface area contributed by atoms with Crippen LogP contribution >= 0.6 is 11.6 Å². The summed E-state index contributed by atoms with van der Waals surface area (Å²) in [6.45, 7) is 5.44. The Morgan fingerprint density at radius 1 is 1.47 bits per heavy atom. The first-order chi connectivity index (χ1) is 8.78. The molecule has 19 heavy (non-hydrogen) atoms. The lowest BCUT2D eigenvalue weighted by molar-refractivity contribution is 0.0535. The summed E-state index contributed by atoms with van der Waals surface area (Å²) in [6.07, 6.45) is -0.538. The van der Waals surface area contributed by atoms with Gasteiger partial charge in [0.25, 0.3) is 0 Å². The van der Waals surface area contributed by atoms with Crippen molar-refractivity contribution in [2.75, 3.05) is 6.54 Å². The van der Waals surface area contributed by atoms with Crippen LogP contribution in [-0.4, -0.2) is 18.2 Å². The smallest absolute Gasteiger partial charge is 0.408 e. The van der Waals surface area contributed by atoms with Crippen molar-refractivity contribution in [3.8, 4) is 11.8 Å². The summed E-state index contributed by atoms with van der Waals surface area (Å²) in [6, 6.07) is 4.27. The van der Waals surface area contributed by atoms with Gasteiger partial charge in [0.1, 0.15) is 11.4 Å². The van der Waals surface area contributed by atoms with E-state index >= 15 is 0 Å². The van der Waals surface area contributed by atoms with E-state index in [9.17, 15) is 9.18 Å². The van der Waals surface area contributed by atoms with Gasteiger partial charge in [-0.15, -0.1) is 0 Å². The number of carbonyl (C=O) groups is 1. The summed E-state index contributed by atoms with van der Waals surface area (Å²) in [5.41, 5.74) is -0.0514. The van der Waals surface area contributed by atoms with E-state index in [4.69, 9.17) is 16.3 Å². The van der Waals surface area contributed by atoms with Crippen molar-refractivity contribution in [3.05, 3.63) is 34.6 Å². The zero-order chi connectivity index (χ0) is 14.5. The Hall–Kier alpha value is -1.73. The summed E-state index contributed by atoms with van der Waals surface area (Å²) in [7, 11) is 0. The molecule has 0 aliphatic rings. The lowest BCUT2D eigenvalue weighted by Gasteiger charge is -2.18. The zero-order valence-electron chi connectivity index (χ0n) is 11.0. The van der Waals surface area contributed by atoms with Crippen molar-refractivity contribution in [1.82, 2.24) is 5.32 Å². The van der Waals surface area contributed by atoms with Crippen LogP contribution in [0.4, 0.5) is 9.18 Å². The first-order valence-corrected chi connectivity index (χ1v) is 6.06. The Morgan fingerprint density at radius 3 is 2.74 bits per heavy atom. The molecule has 0 saturated carbocycles. The van der Waals surface area contributed by atoms with E-state index in [1.54, 1.807) is 26.8 Å². The van der Waals surface area contributed by atoms with Gasteiger partial charge in [-0.1, -0.05) is 23.4 Å². The highest BCUT2D eigenvalue weighted by Gasteiger charge is 2.14. The van der Waals surface area contributed by atoms with Gasteiger partial charge in [-0.05, 0) is 39.0 Å². The Balaban J connectivity index is 2.47. The molecule has 0 spiro atoms. The van der Waals surface area contributed by atoms with E-state index < -0.39 is 17.5 Å². The summed E-state index contributed by atoms with van der Waals surface area (Å²) in [5, 5.41) is 2.53. The number of hydrogen-bond donors (Lipinski definition) is 1. The molecule has 0 aliphatic carbocycles. The monoisotopic (exact) mass is 283 g/mol. The van der Waals surface area contributed by atoms with Crippen molar-refractivity contribution in [2.45, 2.75) is 26.4 Å². The number of carbonyl (C=O) groups excluding carboxylic acids is 1. The molecule has 1 aromatic rings. The van der Waals surface area contributed by atoms with Gasteiger partial charge in [-0.3, -0.25) is 0 Å². The minimum atomic E-state index is -0.545. The lowest BCUT2D eigenvalue weighted by Crippen LogP contribution is -2.32. The molecule has 0 radical (unpaired) electrons. The van der Waals surface area contributed by atoms with E-state index in [1.165, 1.54) is 12.1 Å². The fraction of sp³-hybridized carbons (Fsp3) is 0.357. The third-order valence-electron chi connectivity index (χ3n) is 1.87. The van der Waals surface area contributed by atoms with Crippen LogP contribution < -0.4 is 5.32 Å². The highest BCUT2D eigenvalue weighted by molar-refractivity contribution is 6.30. The Bertz CT molecular complexity index is 526. The van der Waals surface area contributed by atoms with Crippen molar-refractivity contribution < 1.29 is 13.9 Å². The standard InChI is InChI=1S/C14H15ClFNO2/c1-14(2,3)19-13(18)17-8-4-5-10-6-7-11(15)12(16)9-10/h6-7,9H,8H2,1-3H3,(H,17,18). The zero-order valence-corrected chi connectivity index (χ0v) is 11.8. The van der Waals surface area contributed by atoms with E-state index in [0.717, 1.165) is 0 Å². The Morgan fingerprint density at radius 2 is 2.16 bits per heavy atom. The number of ether oxygens (including phenoxy) is 1. The van der Waals surface area contributed by atoms with E-state index in [-0.39, 0.29) is 11.6 Å². The molecule has 0 unspecified atom stereocenters. The van der Waals surface area contributed by atoms with E-state index in [0.29, 0.717) is 5.56 Å². The average molecular weight is 284 g/mol. The molecule has 3 nitrogen and oxygen atoms in total. The van der Waals surface area contributed by atoms with Crippen LogP contribution in [0, 0.1) is 17.7 Å². The third-order valence-corrected chi connectivity index (χ3v) is 2.18. The molecule has 0 aromatic heterocycles. The molecule has 0 heterocycles. The average Bonchev–Trinajstić information content (AvgIpc) is 2.27. The van der Waals surface area contributed by atoms with Gasteiger partial charge in [-0.2, -0.15) is 0 Å². The summed E-state index contributed by atoms with van der Waals surface area (Å²) in [5.74, 6) is 4.89. The van der Waals surface area contributed by atoms with Crippen LogP contribution in [0.15, 0.2) is 18.2 Å². The Kier molecular flexibility index (Phi) is 5.20. The number of rotatable bonds is 1.